The van der Waals surface area contributed by atoms with Crippen LogP contribution in [-0.2, 0) is 4.79 Å². The van der Waals surface area contributed by atoms with Crippen LogP contribution in [0.3, 0.4) is 0 Å². The highest BCUT2D eigenvalue weighted by Crippen LogP contribution is 2.20. The Bertz CT molecular complexity index is 273. The molecule has 0 spiro atoms. The summed E-state index contributed by atoms with van der Waals surface area (Å²) in [7, 11) is 0. The van der Waals surface area contributed by atoms with Gasteiger partial charge in [-0.15, -0.1) is 0 Å². The van der Waals surface area contributed by atoms with Crippen molar-refractivity contribution in [1.82, 2.24) is 9.80 Å². The van der Waals surface area contributed by atoms with E-state index in [2.05, 4.69) is 30.6 Å². The fourth-order valence-corrected chi connectivity index (χ4v) is 3.25. The molecule has 1 aliphatic heterocycles. The summed E-state index contributed by atoms with van der Waals surface area (Å²) in [6.07, 6.45) is 2.59. The Hall–Kier alpha value is -0.610. The second-order valence-electron chi connectivity index (χ2n) is 6.20. The molecule has 1 N–H and O–H groups in total. The number of carboxylic acids is 1. The first kappa shape index (κ1) is 16.4. The van der Waals surface area contributed by atoms with Crippen LogP contribution in [0, 0.1) is 5.92 Å². The Morgan fingerprint density at radius 1 is 1.32 bits per heavy atom. The van der Waals surface area contributed by atoms with E-state index in [4.69, 9.17) is 5.11 Å². The zero-order chi connectivity index (χ0) is 14.4. The molecule has 0 amide bonds. The van der Waals surface area contributed by atoms with Gasteiger partial charge in [-0.3, -0.25) is 9.69 Å². The largest absolute Gasteiger partial charge is 0.481 e. The van der Waals surface area contributed by atoms with Crippen molar-refractivity contribution in [2.75, 3.05) is 26.2 Å². The van der Waals surface area contributed by atoms with Crippen LogP contribution in [0.1, 0.15) is 47.0 Å². The number of aliphatic carboxylic acids is 1. The zero-order valence-corrected chi connectivity index (χ0v) is 12.9. The maximum atomic E-state index is 10.9. The van der Waals surface area contributed by atoms with E-state index in [9.17, 15) is 4.79 Å². The summed E-state index contributed by atoms with van der Waals surface area (Å²) in [5.74, 6) is 0.0351. The van der Waals surface area contributed by atoms with Gasteiger partial charge in [-0.05, 0) is 45.3 Å². The maximum absolute atomic E-state index is 10.9. The third kappa shape index (κ3) is 5.49. The van der Waals surface area contributed by atoms with Crippen molar-refractivity contribution in [2.45, 2.75) is 59.0 Å². The molecule has 4 heteroatoms. The lowest BCUT2D eigenvalue weighted by Gasteiger charge is -2.41. The summed E-state index contributed by atoms with van der Waals surface area (Å²) < 4.78 is 0. The molecular formula is C15H30N2O2. The molecule has 0 aliphatic carbocycles. The Morgan fingerprint density at radius 2 is 1.89 bits per heavy atom. The number of carbonyl (C=O) groups is 1. The minimum Gasteiger partial charge on any atom is -0.481 e. The van der Waals surface area contributed by atoms with E-state index < -0.39 is 5.97 Å². The van der Waals surface area contributed by atoms with Gasteiger partial charge >= 0.3 is 5.97 Å². The van der Waals surface area contributed by atoms with E-state index in [0.717, 1.165) is 25.6 Å². The molecule has 1 saturated heterocycles. The molecule has 0 aromatic carbocycles. The topological polar surface area (TPSA) is 43.8 Å². The van der Waals surface area contributed by atoms with E-state index in [0.29, 0.717) is 6.04 Å². The van der Waals surface area contributed by atoms with Gasteiger partial charge in [0.05, 0.1) is 6.42 Å². The summed E-state index contributed by atoms with van der Waals surface area (Å²) in [6.45, 7) is 13.1. The normalized spacial score (nSPS) is 20.1. The molecule has 112 valence electrons. The Labute approximate surface area is 117 Å². The van der Waals surface area contributed by atoms with E-state index >= 15 is 0 Å². The van der Waals surface area contributed by atoms with Crippen molar-refractivity contribution in [3.05, 3.63) is 0 Å². The van der Waals surface area contributed by atoms with Gasteiger partial charge in [0.15, 0.2) is 0 Å². The van der Waals surface area contributed by atoms with Crippen LogP contribution in [-0.4, -0.2) is 59.1 Å². The number of nitrogens with zero attached hydrogens (tertiary/aromatic N) is 2. The van der Waals surface area contributed by atoms with Crippen molar-refractivity contribution < 1.29 is 9.90 Å². The van der Waals surface area contributed by atoms with Gasteiger partial charge in [-0.1, -0.05) is 20.8 Å². The van der Waals surface area contributed by atoms with Gasteiger partial charge < -0.3 is 10.0 Å². The molecule has 0 aromatic rings. The standard InChI is InChI=1S/C15H30N2O2/c1-5-17(13(4)10-15(18)19)14-6-8-16(9-7-14)11-12(2)3/h12-14H,5-11H2,1-4H3,(H,18,19). The molecule has 1 atom stereocenters. The van der Waals surface area contributed by atoms with Crippen LogP contribution >= 0.6 is 0 Å². The molecule has 0 saturated carbocycles. The minimum atomic E-state index is -0.691. The van der Waals surface area contributed by atoms with Gasteiger partial charge in [0.25, 0.3) is 0 Å². The molecule has 1 aliphatic rings. The van der Waals surface area contributed by atoms with Crippen molar-refractivity contribution in [1.29, 1.82) is 0 Å². The highest BCUT2D eigenvalue weighted by Gasteiger charge is 2.27. The summed E-state index contributed by atoms with van der Waals surface area (Å²) in [6, 6.07) is 0.701. The SMILES string of the molecule is CCN(C(C)CC(=O)O)C1CCN(CC(C)C)CC1. The molecule has 1 fully saturated rings. The fraction of sp³-hybridized carbons (Fsp3) is 0.933. The highest BCUT2D eigenvalue weighted by atomic mass is 16.4. The highest BCUT2D eigenvalue weighted by molar-refractivity contribution is 5.67. The summed E-state index contributed by atoms with van der Waals surface area (Å²) in [5.41, 5.74) is 0. The van der Waals surface area contributed by atoms with Crippen molar-refractivity contribution >= 4 is 5.97 Å². The van der Waals surface area contributed by atoms with Gasteiger partial charge in [-0.25, -0.2) is 0 Å². The summed E-state index contributed by atoms with van der Waals surface area (Å²) in [5, 5.41) is 8.93. The van der Waals surface area contributed by atoms with Gasteiger partial charge in [0.1, 0.15) is 0 Å². The van der Waals surface area contributed by atoms with Crippen molar-refractivity contribution in [2.24, 2.45) is 5.92 Å². The summed E-state index contributed by atoms with van der Waals surface area (Å²) in [4.78, 5) is 15.8. The lowest BCUT2D eigenvalue weighted by molar-refractivity contribution is -0.138. The predicted molar refractivity (Wildman–Crippen MR) is 78.4 cm³/mol. The zero-order valence-electron chi connectivity index (χ0n) is 12.9. The molecule has 1 rings (SSSR count). The third-order valence-electron chi connectivity index (χ3n) is 4.05. The van der Waals surface area contributed by atoms with E-state index in [1.54, 1.807) is 0 Å². The monoisotopic (exact) mass is 270 g/mol. The van der Waals surface area contributed by atoms with Crippen LogP contribution < -0.4 is 0 Å². The molecule has 1 unspecified atom stereocenters. The molecule has 19 heavy (non-hydrogen) atoms. The number of likely N-dealkylation sites (tertiary alicyclic amines) is 1. The fourth-order valence-electron chi connectivity index (χ4n) is 3.25. The average Bonchev–Trinajstić information content (AvgIpc) is 2.30. The Kier molecular flexibility index (Phi) is 6.80. The number of hydrogen-bond donors (Lipinski definition) is 1. The van der Waals surface area contributed by atoms with Gasteiger partial charge in [0, 0.05) is 18.6 Å². The second kappa shape index (κ2) is 7.85. The van der Waals surface area contributed by atoms with Crippen LogP contribution in [0.25, 0.3) is 0 Å². The Morgan fingerprint density at radius 3 is 2.32 bits per heavy atom. The Balaban J connectivity index is 2.45. The number of carboxylic acid groups (broad SMARTS) is 1. The van der Waals surface area contributed by atoms with Crippen molar-refractivity contribution in [3.63, 3.8) is 0 Å². The van der Waals surface area contributed by atoms with E-state index in [-0.39, 0.29) is 12.5 Å². The predicted octanol–water partition coefficient (Wildman–Crippen LogP) is 2.29. The first-order valence-corrected chi connectivity index (χ1v) is 7.63. The molecule has 0 bridgehead atoms. The first-order chi connectivity index (χ1) is 8.93. The molecule has 4 nitrogen and oxygen atoms in total. The van der Waals surface area contributed by atoms with Crippen LogP contribution in [0.4, 0.5) is 0 Å². The van der Waals surface area contributed by atoms with Crippen molar-refractivity contribution in [3.8, 4) is 0 Å². The lowest BCUT2D eigenvalue weighted by Crippen LogP contribution is -2.49. The number of rotatable bonds is 7. The van der Waals surface area contributed by atoms with Crippen LogP contribution in [0.5, 0.6) is 0 Å². The van der Waals surface area contributed by atoms with Crippen LogP contribution in [0.15, 0.2) is 0 Å². The number of piperidine rings is 1. The third-order valence-corrected chi connectivity index (χ3v) is 4.05. The first-order valence-electron chi connectivity index (χ1n) is 7.63. The van der Waals surface area contributed by atoms with E-state index in [1.807, 2.05) is 6.92 Å². The number of hydrogen-bond acceptors (Lipinski definition) is 3. The quantitative estimate of drug-likeness (QED) is 0.771. The maximum Gasteiger partial charge on any atom is 0.304 e. The van der Waals surface area contributed by atoms with E-state index in [1.165, 1.54) is 19.4 Å². The average molecular weight is 270 g/mol. The van der Waals surface area contributed by atoms with Gasteiger partial charge in [-0.2, -0.15) is 0 Å². The van der Waals surface area contributed by atoms with Crippen LogP contribution in [0.2, 0.25) is 0 Å². The lowest BCUT2D eigenvalue weighted by atomic mass is 9.99. The molecule has 0 aromatic heterocycles. The van der Waals surface area contributed by atoms with Gasteiger partial charge in [0.2, 0.25) is 0 Å². The molecule has 1 heterocycles. The molecular weight excluding hydrogens is 240 g/mol. The second-order valence-corrected chi connectivity index (χ2v) is 6.20. The molecule has 0 radical (unpaired) electrons. The summed E-state index contributed by atoms with van der Waals surface area (Å²) >= 11 is 0. The minimum absolute atomic E-state index is 0.143. The smallest absolute Gasteiger partial charge is 0.304 e.